The summed E-state index contributed by atoms with van der Waals surface area (Å²) in [5, 5.41) is 0. The highest BCUT2D eigenvalue weighted by molar-refractivity contribution is 6.06. The van der Waals surface area contributed by atoms with E-state index in [0.29, 0.717) is 11.3 Å². The van der Waals surface area contributed by atoms with Crippen LogP contribution < -0.4 is 10.6 Å². The molecule has 0 saturated carbocycles. The fraction of sp³-hybridized carbons (Fsp3) is 0.188. The standard InChI is InChI=1S/C16H17FN2O/c1-10-6-4-5-7-14(10)19(3)16(20)13-9-12(18)8-11(2)15(13)17/h4-9H,18H2,1-3H3. The average Bonchev–Trinajstić information content (AvgIpc) is 2.42. The first-order valence-corrected chi connectivity index (χ1v) is 6.31. The molecule has 0 aliphatic heterocycles. The number of anilines is 2. The summed E-state index contributed by atoms with van der Waals surface area (Å²) in [7, 11) is 1.63. The van der Waals surface area contributed by atoms with Crippen LogP contribution in [0.1, 0.15) is 21.5 Å². The van der Waals surface area contributed by atoms with E-state index >= 15 is 0 Å². The summed E-state index contributed by atoms with van der Waals surface area (Å²) in [6, 6.07) is 10.3. The number of nitrogens with zero attached hydrogens (tertiary/aromatic N) is 1. The summed E-state index contributed by atoms with van der Waals surface area (Å²) in [4.78, 5) is 13.9. The second-order valence-electron chi connectivity index (χ2n) is 4.85. The Hall–Kier alpha value is -2.36. The van der Waals surface area contributed by atoms with E-state index < -0.39 is 11.7 Å². The van der Waals surface area contributed by atoms with E-state index in [2.05, 4.69) is 0 Å². The lowest BCUT2D eigenvalue weighted by molar-refractivity contribution is 0.0989. The van der Waals surface area contributed by atoms with Crippen LogP contribution in [-0.4, -0.2) is 13.0 Å². The van der Waals surface area contributed by atoms with Gasteiger partial charge in [0.15, 0.2) is 0 Å². The van der Waals surface area contributed by atoms with Crippen molar-refractivity contribution in [1.82, 2.24) is 0 Å². The molecule has 2 aromatic carbocycles. The molecule has 0 fully saturated rings. The van der Waals surface area contributed by atoms with E-state index in [9.17, 15) is 9.18 Å². The van der Waals surface area contributed by atoms with Gasteiger partial charge >= 0.3 is 0 Å². The molecule has 0 unspecified atom stereocenters. The predicted octanol–water partition coefficient (Wildman–Crippen LogP) is 3.30. The number of benzene rings is 2. The van der Waals surface area contributed by atoms with Crippen LogP contribution >= 0.6 is 0 Å². The summed E-state index contributed by atoms with van der Waals surface area (Å²) < 4.78 is 14.1. The van der Waals surface area contributed by atoms with Crippen molar-refractivity contribution < 1.29 is 9.18 Å². The van der Waals surface area contributed by atoms with Gasteiger partial charge in [-0.2, -0.15) is 0 Å². The molecule has 0 aliphatic carbocycles. The summed E-state index contributed by atoms with van der Waals surface area (Å²) in [5.74, 6) is -0.933. The molecule has 0 saturated heterocycles. The number of carbonyl (C=O) groups excluding carboxylic acids is 1. The van der Waals surface area contributed by atoms with E-state index in [1.165, 1.54) is 17.0 Å². The van der Waals surface area contributed by atoms with Crippen molar-refractivity contribution in [3.05, 3.63) is 58.9 Å². The Balaban J connectivity index is 2.44. The molecule has 3 nitrogen and oxygen atoms in total. The quantitative estimate of drug-likeness (QED) is 0.853. The molecule has 4 heteroatoms. The zero-order chi connectivity index (χ0) is 14.9. The maximum absolute atomic E-state index is 14.1. The van der Waals surface area contributed by atoms with E-state index in [4.69, 9.17) is 5.73 Å². The molecule has 0 heterocycles. The normalized spacial score (nSPS) is 10.4. The Morgan fingerprint density at radius 1 is 1.15 bits per heavy atom. The van der Waals surface area contributed by atoms with E-state index in [1.54, 1.807) is 14.0 Å². The van der Waals surface area contributed by atoms with Crippen LogP contribution in [0.25, 0.3) is 0 Å². The van der Waals surface area contributed by atoms with Crippen molar-refractivity contribution in [2.45, 2.75) is 13.8 Å². The Morgan fingerprint density at radius 2 is 1.80 bits per heavy atom. The first-order valence-electron chi connectivity index (χ1n) is 6.31. The number of halogens is 1. The van der Waals surface area contributed by atoms with E-state index in [1.807, 2.05) is 31.2 Å². The second kappa shape index (κ2) is 5.33. The van der Waals surface area contributed by atoms with Gasteiger partial charge < -0.3 is 10.6 Å². The van der Waals surface area contributed by atoms with Gasteiger partial charge in [-0.15, -0.1) is 0 Å². The Kier molecular flexibility index (Phi) is 3.74. The zero-order valence-corrected chi connectivity index (χ0v) is 11.8. The van der Waals surface area contributed by atoms with Crippen LogP contribution in [0.15, 0.2) is 36.4 Å². The molecule has 0 aromatic heterocycles. The van der Waals surface area contributed by atoms with Gasteiger partial charge in [0, 0.05) is 18.4 Å². The maximum atomic E-state index is 14.1. The van der Waals surface area contributed by atoms with Crippen molar-refractivity contribution in [3.8, 4) is 0 Å². The summed E-state index contributed by atoms with van der Waals surface area (Å²) in [6.45, 7) is 3.50. The van der Waals surface area contributed by atoms with Crippen molar-refractivity contribution in [1.29, 1.82) is 0 Å². The smallest absolute Gasteiger partial charge is 0.261 e. The number of hydrogen-bond donors (Lipinski definition) is 1. The van der Waals surface area contributed by atoms with E-state index in [-0.39, 0.29) is 5.56 Å². The largest absolute Gasteiger partial charge is 0.399 e. The minimum Gasteiger partial charge on any atom is -0.399 e. The van der Waals surface area contributed by atoms with Crippen LogP contribution in [0.5, 0.6) is 0 Å². The molecule has 0 atom stereocenters. The van der Waals surface area contributed by atoms with Crippen LogP contribution in [0.3, 0.4) is 0 Å². The number of rotatable bonds is 2. The SMILES string of the molecule is Cc1ccccc1N(C)C(=O)c1cc(N)cc(C)c1F. The van der Waals surface area contributed by atoms with Gasteiger partial charge in [-0.25, -0.2) is 4.39 Å². The van der Waals surface area contributed by atoms with Gasteiger partial charge in [-0.05, 0) is 43.2 Å². The number of aryl methyl sites for hydroxylation is 2. The maximum Gasteiger partial charge on any atom is 0.261 e. The van der Waals surface area contributed by atoms with Crippen molar-refractivity contribution in [2.24, 2.45) is 0 Å². The predicted molar refractivity (Wildman–Crippen MR) is 79.5 cm³/mol. The highest BCUT2D eigenvalue weighted by atomic mass is 19.1. The first kappa shape index (κ1) is 14.1. The third-order valence-corrected chi connectivity index (χ3v) is 3.29. The number of para-hydroxylation sites is 1. The minimum atomic E-state index is -0.523. The van der Waals surface area contributed by atoms with Crippen LogP contribution in [-0.2, 0) is 0 Å². The summed E-state index contributed by atoms with van der Waals surface area (Å²) >= 11 is 0. The summed E-state index contributed by atoms with van der Waals surface area (Å²) in [6.07, 6.45) is 0. The van der Waals surface area contributed by atoms with Crippen LogP contribution in [0.4, 0.5) is 15.8 Å². The van der Waals surface area contributed by atoms with Crippen LogP contribution in [0, 0.1) is 19.7 Å². The fourth-order valence-corrected chi connectivity index (χ4v) is 2.18. The fourth-order valence-electron chi connectivity index (χ4n) is 2.18. The molecule has 2 rings (SSSR count). The van der Waals surface area contributed by atoms with E-state index in [0.717, 1.165) is 11.3 Å². The third kappa shape index (κ3) is 2.50. The monoisotopic (exact) mass is 272 g/mol. The highest BCUT2D eigenvalue weighted by Crippen LogP contribution is 2.23. The molecule has 1 amide bonds. The van der Waals surface area contributed by atoms with Crippen molar-refractivity contribution in [2.75, 3.05) is 17.7 Å². The Labute approximate surface area is 117 Å². The molecule has 2 N–H and O–H groups in total. The minimum absolute atomic E-state index is 0.00625. The van der Waals surface area contributed by atoms with Gasteiger partial charge in [-0.1, -0.05) is 18.2 Å². The molecular weight excluding hydrogens is 255 g/mol. The number of nitrogens with two attached hydrogens (primary N) is 1. The zero-order valence-electron chi connectivity index (χ0n) is 11.8. The molecule has 20 heavy (non-hydrogen) atoms. The molecule has 104 valence electrons. The Bertz CT molecular complexity index is 668. The van der Waals surface area contributed by atoms with Crippen molar-refractivity contribution in [3.63, 3.8) is 0 Å². The summed E-state index contributed by atoms with van der Waals surface area (Å²) in [5.41, 5.74) is 8.13. The average molecular weight is 272 g/mol. The van der Waals surface area contributed by atoms with Gasteiger partial charge in [0.2, 0.25) is 0 Å². The van der Waals surface area contributed by atoms with Gasteiger partial charge in [0.1, 0.15) is 5.82 Å². The lowest BCUT2D eigenvalue weighted by Crippen LogP contribution is -2.28. The second-order valence-corrected chi connectivity index (χ2v) is 4.85. The topological polar surface area (TPSA) is 46.3 Å². The molecule has 0 aliphatic rings. The lowest BCUT2D eigenvalue weighted by Gasteiger charge is -2.20. The van der Waals surface area contributed by atoms with Gasteiger partial charge in [-0.3, -0.25) is 4.79 Å². The third-order valence-electron chi connectivity index (χ3n) is 3.29. The lowest BCUT2D eigenvalue weighted by atomic mass is 10.1. The molecule has 0 radical (unpaired) electrons. The number of hydrogen-bond acceptors (Lipinski definition) is 2. The molecule has 0 spiro atoms. The first-order chi connectivity index (χ1) is 9.41. The van der Waals surface area contributed by atoms with Gasteiger partial charge in [0.05, 0.1) is 5.56 Å². The highest BCUT2D eigenvalue weighted by Gasteiger charge is 2.20. The van der Waals surface area contributed by atoms with Crippen molar-refractivity contribution >= 4 is 17.3 Å². The van der Waals surface area contributed by atoms with Crippen LogP contribution in [0.2, 0.25) is 0 Å². The Morgan fingerprint density at radius 3 is 2.45 bits per heavy atom. The molecule has 0 bridgehead atoms. The number of carbonyl (C=O) groups is 1. The number of amides is 1. The molecule has 2 aromatic rings. The number of nitrogen functional groups attached to an aromatic ring is 1. The molecular formula is C16H17FN2O. The van der Waals surface area contributed by atoms with Gasteiger partial charge in [0.25, 0.3) is 5.91 Å².